The molecule has 1 atom stereocenters. The Labute approximate surface area is 143 Å². The zero-order valence-corrected chi connectivity index (χ0v) is 14.2. The molecule has 1 amide bonds. The van der Waals surface area contributed by atoms with Crippen LogP contribution in [-0.2, 0) is 16.1 Å². The molecule has 0 bridgehead atoms. The molecule has 0 aromatic heterocycles. The van der Waals surface area contributed by atoms with E-state index in [9.17, 15) is 4.79 Å². The third-order valence-electron chi connectivity index (χ3n) is 4.92. The van der Waals surface area contributed by atoms with E-state index < -0.39 is 0 Å². The first kappa shape index (κ1) is 16.7. The third kappa shape index (κ3) is 4.69. The van der Waals surface area contributed by atoms with Crippen molar-refractivity contribution in [3.05, 3.63) is 34.9 Å². The summed E-state index contributed by atoms with van der Waals surface area (Å²) in [6.45, 7) is 5.16. The SMILES string of the molecule is O=C(NCC1CCN(Cc2ccccc2Cl)CC1)[C@@H]1CCOC1. The molecule has 1 aromatic rings. The minimum atomic E-state index is 0.0651. The third-order valence-corrected chi connectivity index (χ3v) is 5.29. The lowest BCUT2D eigenvalue weighted by molar-refractivity contribution is -0.125. The number of carbonyl (C=O) groups is 1. The number of amides is 1. The molecule has 5 heteroatoms. The molecule has 126 valence electrons. The van der Waals surface area contributed by atoms with E-state index in [1.165, 1.54) is 5.56 Å². The second-order valence-electron chi connectivity index (χ2n) is 6.62. The minimum absolute atomic E-state index is 0.0651. The lowest BCUT2D eigenvalue weighted by Gasteiger charge is -2.32. The van der Waals surface area contributed by atoms with E-state index in [4.69, 9.17) is 16.3 Å². The van der Waals surface area contributed by atoms with Crippen molar-refractivity contribution in [3.8, 4) is 0 Å². The number of benzene rings is 1. The molecule has 4 nitrogen and oxygen atoms in total. The van der Waals surface area contributed by atoms with E-state index in [-0.39, 0.29) is 11.8 Å². The summed E-state index contributed by atoms with van der Waals surface area (Å²) in [5.74, 6) is 0.820. The number of rotatable bonds is 5. The molecule has 1 N–H and O–H groups in total. The topological polar surface area (TPSA) is 41.6 Å². The van der Waals surface area contributed by atoms with E-state index in [0.717, 1.165) is 57.1 Å². The number of piperidine rings is 1. The van der Waals surface area contributed by atoms with Crippen molar-refractivity contribution in [2.24, 2.45) is 11.8 Å². The first-order valence-corrected chi connectivity index (χ1v) is 8.91. The number of carbonyl (C=O) groups excluding carboxylic acids is 1. The quantitative estimate of drug-likeness (QED) is 0.899. The number of hydrogen-bond donors (Lipinski definition) is 1. The van der Waals surface area contributed by atoms with E-state index in [2.05, 4.69) is 16.3 Å². The molecule has 2 heterocycles. The van der Waals surface area contributed by atoms with Gasteiger partial charge in [-0.3, -0.25) is 9.69 Å². The summed E-state index contributed by atoms with van der Waals surface area (Å²) < 4.78 is 5.27. The average Bonchev–Trinajstić information content (AvgIpc) is 3.11. The predicted octanol–water partition coefficient (Wildman–Crippen LogP) is 2.70. The molecule has 2 saturated heterocycles. The Bertz CT molecular complexity index is 524. The Kier molecular flexibility index (Phi) is 5.92. The predicted molar refractivity (Wildman–Crippen MR) is 91.4 cm³/mol. The van der Waals surface area contributed by atoms with Gasteiger partial charge in [0.05, 0.1) is 12.5 Å². The summed E-state index contributed by atoms with van der Waals surface area (Å²) in [5.41, 5.74) is 1.20. The molecule has 2 aliphatic heterocycles. The maximum Gasteiger partial charge on any atom is 0.225 e. The highest BCUT2D eigenvalue weighted by Gasteiger charge is 2.25. The van der Waals surface area contributed by atoms with Gasteiger partial charge in [0.15, 0.2) is 0 Å². The van der Waals surface area contributed by atoms with Gasteiger partial charge in [-0.1, -0.05) is 29.8 Å². The average molecular weight is 337 g/mol. The van der Waals surface area contributed by atoms with Gasteiger partial charge in [0, 0.05) is 24.7 Å². The van der Waals surface area contributed by atoms with Gasteiger partial charge < -0.3 is 10.1 Å². The van der Waals surface area contributed by atoms with Crippen LogP contribution in [0.1, 0.15) is 24.8 Å². The molecule has 2 aliphatic rings. The number of hydrogen-bond acceptors (Lipinski definition) is 3. The molecule has 23 heavy (non-hydrogen) atoms. The Hall–Kier alpha value is -1.10. The van der Waals surface area contributed by atoms with E-state index in [1.807, 2.05) is 18.2 Å². The second kappa shape index (κ2) is 8.13. The van der Waals surface area contributed by atoms with Crippen LogP contribution in [0, 0.1) is 11.8 Å². The molecule has 3 rings (SSSR count). The van der Waals surface area contributed by atoms with Crippen LogP contribution in [0.15, 0.2) is 24.3 Å². The smallest absolute Gasteiger partial charge is 0.225 e. The molecular formula is C18H25ClN2O2. The van der Waals surface area contributed by atoms with Crippen molar-refractivity contribution in [2.45, 2.75) is 25.8 Å². The zero-order valence-electron chi connectivity index (χ0n) is 13.5. The molecule has 0 radical (unpaired) electrons. The van der Waals surface area contributed by atoms with Crippen LogP contribution in [0.25, 0.3) is 0 Å². The van der Waals surface area contributed by atoms with Gasteiger partial charge in [-0.15, -0.1) is 0 Å². The maximum atomic E-state index is 12.0. The van der Waals surface area contributed by atoms with Gasteiger partial charge in [0.2, 0.25) is 5.91 Å². The lowest BCUT2D eigenvalue weighted by Crippen LogP contribution is -2.40. The van der Waals surface area contributed by atoms with E-state index in [0.29, 0.717) is 12.5 Å². The Morgan fingerprint density at radius 1 is 1.26 bits per heavy atom. The summed E-state index contributed by atoms with van der Waals surface area (Å²) in [7, 11) is 0. The van der Waals surface area contributed by atoms with Crippen LogP contribution < -0.4 is 5.32 Å². The number of halogens is 1. The summed E-state index contributed by atoms with van der Waals surface area (Å²) in [6, 6.07) is 8.05. The maximum absolute atomic E-state index is 12.0. The summed E-state index contributed by atoms with van der Waals surface area (Å²) in [6.07, 6.45) is 3.12. The summed E-state index contributed by atoms with van der Waals surface area (Å²) >= 11 is 6.23. The highest BCUT2D eigenvalue weighted by Crippen LogP contribution is 2.22. The Morgan fingerprint density at radius 2 is 2.04 bits per heavy atom. The van der Waals surface area contributed by atoms with Gasteiger partial charge in [-0.05, 0) is 49.9 Å². The summed E-state index contributed by atoms with van der Waals surface area (Å²) in [5, 5.41) is 3.96. The van der Waals surface area contributed by atoms with E-state index in [1.54, 1.807) is 0 Å². The molecule has 1 aromatic carbocycles. The first-order chi connectivity index (χ1) is 11.2. The molecule has 0 unspecified atom stereocenters. The molecular weight excluding hydrogens is 312 g/mol. The highest BCUT2D eigenvalue weighted by molar-refractivity contribution is 6.31. The van der Waals surface area contributed by atoms with Gasteiger partial charge >= 0.3 is 0 Å². The van der Waals surface area contributed by atoms with Crippen LogP contribution in [0.2, 0.25) is 5.02 Å². The fourth-order valence-corrected chi connectivity index (χ4v) is 3.54. The van der Waals surface area contributed by atoms with Crippen molar-refractivity contribution in [2.75, 3.05) is 32.8 Å². The van der Waals surface area contributed by atoms with Gasteiger partial charge in [-0.2, -0.15) is 0 Å². The lowest BCUT2D eigenvalue weighted by atomic mass is 9.96. The fraction of sp³-hybridized carbons (Fsp3) is 0.611. The standard InChI is InChI=1S/C18H25ClN2O2/c19-17-4-2-1-3-15(17)12-21-8-5-14(6-9-21)11-20-18(22)16-7-10-23-13-16/h1-4,14,16H,5-13H2,(H,20,22)/t16-/m1/s1. The number of likely N-dealkylation sites (tertiary alicyclic amines) is 1. The van der Waals surface area contributed by atoms with Crippen molar-refractivity contribution >= 4 is 17.5 Å². The van der Waals surface area contributed by atoms with E-state index >= 15 is 0 Å². The number of ether oxygens (including phenoxy) is 1. The van der Waals surface area contributed by atoms with Crippen molar-refractivity contribution in [3.63, 3.8) is 0 Å². The Morgan fingerprint density at radius 3 is 2.74 bits per heavy atom. The second-order valence-corrected chi connectivity index (χ2v) is 7.02. The largest absolute Gasteiger partial charge is 0.381 e. The van der Waals surface area contributed by atoms with Gasteiger partial charge in [-0.25, -0.2) is 0 Å². The molecule has 0 aliphatic carbocycles. The first-order valence-electron chi connectivity index (χ1n) is 8.53. The normalized spacial score (nSPS) is 23.1. The van der Waals surface area contributed by atoms with Gasteiger partial charge in [0.25, 0.3) is 0 Å². The monoisotopic (exact) mass is 336 g/mol. The minimum Gasteiger partial charge on any atom is -0.381 e. The van der Waals surface area contributed by atoms with Crippen LogP contribution in [-0.4, -0.2) is 43.7 Å². The fourth-order valence-electron chi connectivity index (χ4n) is 3.35. The van der Waals surface area contributed by atoms with Crippen LogP contribution in [0.5, 0.6) is 0 Å². The Balaban J connectivity index is 1.38. The number of nitrogens with one attached hydrogen (secondary N) is 1. The van der Waals surface area contributed by atoms with Gasteiger partial charge in [0.1, 0.15) is 0 Å². The van der Waals surface area contributed by atoms with Crippen molar-refractivity contribution in [1.82, 2.24) is 10.2 Å². The number of nitrogens with zero attached hydrogens (tertiary/aromatic N) is 1. The summed E-state index contributed by atoms with van der Waals surface area (Å²) in [4.78, 5) is 14.5. The molecule has 2 fully saturated rings. The zero-order chi connectivity index (χ0) is 16.1. The van der Waals surface area contributed by atoms with Crippen LogP contribution in [0.3, 0.4) is 0 Å². The highest BCUT2D eigenvalue weighted by atomic mass is 35.5. The van der Waals surface area contributed by atoms with Crippen molar-refractivity contribution < 1.29 is 9.53 Å². The molecule has 0 spiro atoms. The van der Waals surface area contributed by atoms with Crippen LogP contribution in [0.4, 0.5) is 0 Å². The van der Waals surface area contributed by atoms with Crippen LogP contribution >= 0.6 is 11.6 Å². The van der Waals surface area contributed by atoms with Crippen molar-refractivity contribution in [1.29, 1.82) is 0 Å². The molecule has 0 saturated carbocycles.